The molecule has 2 aliphatic heterocycles. The molecule has 3 rings (SSSR count). The average molecular weight is 291 g/mol. The van der Waals surface area contributed by atoms with Gasteiger partial charge in [0.25, 0.3) is 0 Å². The third kappa shape index (κ3) is 2.42. The minimum Gasteiger partial charge on any atom is -0.480 e. The van der Waals surface area contributed by atoms with Crippen LogP contribution in [0.4, 0.5) is 0 Å². The Bertz CT molecular complexity index is 521. The first kappa shape index (κ1) is 13.5. The third-order valence-electron chi connectivity index (χ3n) is 3.99. The zero-order valence-electron chi connectivity index (χ0n) is 11.1. The third-order valence-corrected chi connectivity index (χ3v) is 5.30. The predicted octanol–water partition coefficient (Wildman–Crippen LogP) is 2.17. The van der Waals surface area contributed by atoms with Gasteiger partial charge in [0.1, 0.15) is 6.04 Å². The Morgan fingerprint density at radius 1 is 1.25 bits per heavy atom. The van der Waals surface area contributed by atoms with Crippen molar-refractivity contribution in [2.45, 2.75) is 41.9 Å². The van der Waals surface area contributed by atoms with Gasteiger partial charge in [0.2, 0.25) is 5.91 Å². The van der Waals surface area contributed by atoms with Crippen molar-refractivity contribution in [3.05, 3.63) is 29.8 Å². The Morgan fingerprint density at radius 2 is 2.05 bits per heavy atom. The number of likely N-dealkylation sites (tertiary alicyclic amines) is 1. The van der Waals surface area contributed by atoms with Gasteiger partial charge in [-0.3, -0.25) is 4.79 Å². The van der Waals surface area contributed by atoms with E-state index in [-0.39, 0.29) is 11.2 Å². The molecular weight excluding hydrogens is 274 g/mol. The van der Waals surface area contributed by atoms with Gasteiger partial charge in [-0.2, -0.15) is 0 Å². The second-order valence-electron chi connectivity index (χ2n) is 5.30. The van der Waals surface area contributed by atoms with Crippen molar-refractivity contribution in [2.24, 2.45) is 0 Å². The number of aliphatic carboxylic acids is 1. The average Bonchev–Trinajstić information content (AvgIpc) is 2.90. The Hall–Kier alpha value is -1.49. The zero-order valence-corrected chi connectivity index (χ0v) is 11.9. The van der Waals surface area contributed by atoms with Gasteiger partial charge in [0, 0.05) is 11.4 Å². The quantitative estimate of drug-likeness (QED) is 0.907. The van der Waals surface area contributed by atoms with Crippen molar-refractivity contribution in [1.82, 2.24) is 4.90 Å². The number of carbonyl (C=O) groups is 2. The lowest BCUT2D eigenvalue weighted by atomic mass is 10.0. The highest BCUT2D eigenvalue weighted by molar-refractivity contribution is 8.01. The molecule has 0 spiro atoms. The number of fused-ring (bicyclic) bond motifs is 1. The Morgan fingerprint density at radius 3 is 2.80 bits per heavy atom. The zero-order chi connectivity index (χ0) is 14.1. The number of rotatable bonds is 2. The van der Waals surface area contributed by atoms with E-state index in [4.69, 9.17) is 0 Å². The molecule has 2 heterocycles. The summed E-state index contributed by atoms with van der Waals surface area (Å²) in [6.45, 7) is 0.573. The first-order valence-electron chi connectivity index (χ1n) is 6.94. The lowest BCUT2D eigenvalue weighted by molar-refractivity contribution is -0.151. The maximum absolute atomic E-state index is 12.6. The summed E-state index contributed by atoms with van der Waals surface area (Å²) in [5.41, 5.74) is 1.19. The number of hydrogen-bond donors (Lipinski definition) is 1. The second-order valence-corrected chi connectivity index (χ2v) is 6.54. The predicted molar refractivity (Wildman–Crippen MR) is 76.8 cm³/mol. The molecule has 0 aromatic heterocycles. The molecule has 1 N–H and O–H groups in total. The highest BCUT2D eigenvalue weighted by atomic mass is 32.2. The summed E-state index contributed by atoms with van der Waals surface area (Å²) in [4.78, 5) is 26.7. The first-order valence-corrected chi connectivity index (χ1v) is 7.82. The number of thioether (sulfide) groups is 1. The lowest BCUT2D eigenvalue weighted by Gasteiger charge is -2.34. The number of carboxylic acids is 1. The van der Waals surface area contributed by atoms with E-state index in [1.54, 1.807) is 16.7 Å². The molecule has 1 aromatic carbocycles. The van der Waals surface area contributed by atoms with Gasteiger partial charge in [-0.25, -0.2) is 4.79 Å². The first-order chi connectivity index (χ1) is 9.66. The van der Waals surface area contributed by atoms with Gasteiger partial charge in [0.05, 0.1) is 5.25 Å². The van der Waals surface area contributed by atoms with Crippen LogP contribution < -0.4 is 0 Å². The van der Waals surface area contributed by atoms with Crippen LogP contribution in [0.1, 0.15) is 24.8 Å². The van der Waals surface area contributed by atoms with Gasteiger partial charge in [0.15, 0.2) is 0 Å². The van der Waals surface area contributed by atoms with Crippen LogP contribution in [0.5, 0.6) is 0 Å². The van der Waals surface area contributed by atoms with Crippen molar-refractivity contribution in [1.29, 1.82) is 0 Å². The van der Waals surface area contributed by atoms with E-state index in [0.29, 0.717) is 19.4 Å². The Kier molecular flexibility index (Phi) is 3.70. The summed E-state index contributed by atoms with van der Waals surface area (Å²) in [6.07, 6.45) is 3.08. The largest absolute Gasteiger partial charge is 0.480 e. The molecule has 2 aliphatic rings. The lowest BCUT2D eigenvalue weighted by Crippen LogP contribution is -2.50. The summed E-state index contributed by atoms with van der Waals surface area (Å²) < 4.78 is 0. The second kappa shape index (κ2) is 5.48. The molecule has 106 valence electrons. The molecule has 5 heteroatoms. The van der Waals surface area contributed by atoms with Crippen LogP contribution in [-0.4, -0.2) is 39.7 Å². The van der Waals surface area contributed by atoms with Gasteiger partial charge >= 0.3 is 5.97 Å². The van der Waals surface area contributed by atoms with Crippen LogP contribution in [0, 0.1) is 0 Å². The Labute approximate surface area is 122 Å². The molecule has 1 fully saturated rings. The van der Waals surface area contributed by atoms with E-state index in [1.165, 1.54) is 5.56 Å². The van der Waals surface area contributed by atoms with E-state index in [2.05, 4.69) is 0 Å². The summed E-state index contributed by atoms with van der Waals surface area (Å²) in [5, 5.41) is 9.11. The van der Waals surface area contributed by atoms with Crippen LogP contribution >= 0.6 is 11.8 Å². The molecule has 1 unspecified atom stereocenters. The fourth-order valence-corrected chi connectivity index (χ4v) is 4.22. The summed E-state index contributed by atoms with van der Waals surface area (Å²) in [7, 11) is 0. The normalized spacial score (nSPS) is 25.3. The maximum Gasteiger partial charge on any atom is 0.326 e. The molecule has 2 atom stereocenters. The van der Waals surface area contributed by atoms with Crippen LogP contribution in [0.2, 0.25) is 0 Å². The van der Waals surface area contributed by atoms with Crippen molar-refractivity contribution in [2.75, 3.05) is 6.54 Å². The summed E-state index contributed by atoms with van der Waals surface area (Å²) >= 11 is 1.57. The van der Waals surface area contributed by atoms with Crippen molar-refractivity contribution in [3.8, 4) is 0 Å². The van der Waals surface area contributed by atoms with E-state index in [0.717, 1.165) is 17.7 Å². The van der Waals surface area contributed by atoms with E-state index in [9.17, 15) is 14.7 Å². The van der Waals surface area contributed by atoms with Gasteiger partial charge in [-0.05, 0) is 37.3 Å². The maximum atomic E-state index is 12.6. The number of nitrogens with zero attached hydrogens (tertiary/aromatic N) is 1. The van der Waals surface area contributed by atoms with Crippen LogP contribution in [0.15, 0.2) is 29.2 Å². The molecule has 1 aromatic rings. The van der Waals surface area contributed by atoms with Crippen molar-refractivity contribution >= 4 is 23.6 Å². The molecule has 1 saturated heterocycles. The highest BCUT2D eigenvalue weighted by Crippen LogP contribution is 2.38. The van der Waals surface area contributed by atoms with Gasteiger partial charge in [-0.15, -0.1) is 11.8 Å². The topological polar surface area (TPSA) is 57.6 Å². The Balaban J connectivity index is 1.75. The molecule has 1 amide bonds. The summed E-state index contributed by atoms with van der Waals surface area (Å²) in [6, 6.07) is 7.38. The number of amides is 1. The van der Waals surface area contributed by atoms with E-state index >= 15 is 0 Å². The molecule has 0 radical (unpaired) electrons. The monoisotopic (exact) mass is 291 g/mol. The molecule has 4 nitrogen and oxygen atoms in total. The van der Waals surface area contributed by atoms with Crippen LogP contribution in [0.3, 0.4) is 0 Å². The molecular formula is C15H17NO3S. The number of benzene rings is 1. The number of carboxylic acid groups (broad SMARTS) is 1. The minimum atomic E-state index is -0.876. The summed E-state index contributed by atoms with van der Waals surface area (Å²) in [5.74, 6) is -0.892. The van der Waals surface area contributed by atoms with Crippen molar-refractivity contribution < 1.29 is 14.7 Å². The number of piperidine rings is 1. The smallest absolute Gasteiger partial charge is 0.326 e. The number of carbonyl (C=O) groups excluding carboxylic acids is 1. The van der Waals surface area contributed by atoms with Gasteiger partial charge in [-0.1, -0.05) is 18.2 Å². The standard InChI is InChI=1S/C15H17NO3S/c17-14(16-8-4-3-6-11(16)15(18)19)13-9-10-5-1-2-7-12(10)20-13/h1-2,5,7,11,13H,3-4,6,8-9H2,(H,18,19)/t11-,13?/m0/s1. The van der Waals surface area contributed by atoms with Gasteiger partial charge < -0.3 is 10.0 Å². The molecule has 20 heavy (non-hydrogen) atoms. The number of hydrogen-bond acceptors (Lipinski definition) is 3. The van der Waals surface area contributed by atoms with E-state index < -0.39 is 12.0 Å². The fourth-order valence-electron chi connectivity index (χ4n) is 2.96. The van der Waals surface area contributed by atoms with Crippen molar-refractivity contribution in [3.63, 3.8) is 0 Å². The molecule has 0 aliphatic carbocycles. The molecule has 0 saturated carbocycles. The molecule has 0 bridgehead atoms. The van der Waals surface area contributed by atoms with Crippen LogP contribution in [-0.2, 0) is 16.0 Å². The highest BCUT2D eigenvalue weighted by Gasteiger charge is 2.37. The van der Waals surface area contributed by atoms with E-state index in [1.807, 2.05) is 24.3 Å². The minimum absolute atomic E-state index is 0.0155. The fraction of sp³-hybridized carbons (Fsp3) is 0.467. The SMILES string of the molecule is O=C(O)[C@@H]1CCCCN1C(=O)C1Cc2ccccc2S1. The van der Waals surface area contributed by atoms with Crippen LogP contribution in [0.25, 0.3) is 0 Å².